The first kappa shape index (κ1) is 21.2. The number of hydrogen-bond acceptors (Lipinski definition) is 1. The number of hydrogen-bond donors (Lipinski definition) is 0. The van der Waals surface area contributed by atoms with E-state index in [0.29, 0.717) is 0 Å². The third kappa shape index (κ3) is 3.05. The number of pyridine rings is 1. The molecule has 1 aliphatic carbocycles. The van der Waals surface area contributed by atoms with Crippen molar-refractivity contribution in [1.29, 1.82) is 0 Å². The van der Waals surface area contributed by atoms with E-state index in [1.807, 2.05) is 6.07 Å². The molecule has 0 saturated heterocycles. The van der Waals surface area contributed by atoms with Gasteiger partial charge in [0.15, 0.2) is 0 Å². The van der Waals surface area contributed by atoms with Gasteiger partial charge in [-0.05, 0) is 49.2 Å². The SMILES string of the molecule is C1=Cc2c(n(-c3cccc(-c4ccccc4)n3)c3ccc4c5ccccc5n(-c5ccccc5)c4c23)CC1. The molecule has 0 aliphatic heterocycles. The van der Waals surface area contributed by atoms with Crippen LogP contribution in [0, 0.1) is 0 Å². The Morgan fingerprint density at radius 2 is 1.39 bits per heavy atom. The summed E-state index contributed by atoms with van der Waals surface area (Å²) in [6.45, 7) is 0. The van der Waals surface area contributed by atoms with Crippen molar-refractivity contribution in [2.75, 3.05) is 0 Å². The Morgan fingerprint density at radius 3 is 2.26 bits per heavy atom. The minimum atomic E-state index is 0.967. The van der Waals surface area contributed by atoms with E-state index >= 15 is 0 Å². The highest BCUT2D eigenvalue weighted by Gasteiger charge is 2.24. The molecule has 0 N–H and O–H groups in total. The number of nitrogens with zero attached hydrogens (tertiary/aromatic N) is 3. The second-order valence-corrected chi connectivity index (χ2v) is 9.93. The van der Waals surface area contributed by atoms with Gasteiger partial charge in [0.2, 0.25) is 0 Å². The van der Waals surface area contributed by atoms with E-state index in [4.69, 9.17) is 4.98 Å². The third-order valence-electron chi connectivity index (χ3n) is 7.79. The summed E-state index contributed by atoms with van der Waals surface area (Å²) in [5, 5.41) is 3.85. The lowest BCUT2D eigenvalue weighted by molar-refractivity contribution is 0.872. The molecule has 0 amide bonds. The molecule has 0 fully saturated rings. The lowest BCUT2D eigenvalue weighted by Crippen LogP contribution is -2.05. The van der Waals surface area contributed by atoms with Crippen molar-refractivity contribution in [3.05, 3.63) is 133 Å². The summed E-state index contributed by atoms with van der Waals surface area (Å²) < 4.78 is 4.83. The first-order chi connectivity index (χ1) is 18.9. The lowest BCUT2D eigenvalue weighted by atomic mass is 10.0. The van der Waals surface area contributed by atoms with Gasteiger partial charge >= 0.3 is 0 Å². The Labute approximate surface area is 220 Å². The molecule has 0 atom stereocenters. The molecular weight excluding hydrogens is 462 g/mol. The molecule has 7 aromatic rings. The fraction of sp³-hybridized carbons (Fsp3) is 0.0571. The van der Waals surface area contributed by atoms with E-state index in [0.717, 1.165) is 29.9 Å². The molecule has 0 unspecified atom stereocenters. The maximum atomic E-state index is 5.18. The zero-order valence-electron chi connectivity index (χ0n) is 20.9. The van der Waals surface area contributed by atoms with Crippen molar-refractivity contribution in [1.82, 2.24) is 14.1 Å². The average molecular weight is 488 g/mol. The van der Waals surface area contributed by atoms with Crippen LogP contribution in [0.25, 0.3) is 61.5 Å². The van der Waals surface area contributed by atoms with Gasteiger partial charge in [-0.3, -0.25) is 4.57 Å². The van der Waals surface area contributed by atoms with Crippen molar-refractivity contribution < 1.29 is 0 Å². The largest absolute Gasteiger partial charge is 0.309 e. The summed E-state index contributed by atoms with van der Waals surface area (Å²) in [7, 11) is 0. The van der Waals surface area contributed by atoms with Crippen LogP contribution in [-0.4, -0.2) is 14.1 Å². The van der Waals surface area contributed by atoms with Gasteiger partial charge in [0, 0.05) is 38.7 Å². The van der Waals surface area contributed by atoms with Crippen molar-refractivity contribution in [3.8, 4) is 22.8 Å². The Morgan fingerprint density at radius 1 is 0.605 bits per heavy atom. The van der Waals surface area contributed by atoms with E-state index in [9.17, 15) is 0 Å². The summed E-state index contributed by atoms with van der Waals surface area (Å²) in [6, 6.07) is 40.9. The summed E-state index contributed by atoms with van der Waals surface area (Å²) in [5.74, 6) is 0.967. The average Bonchev–Trinajstić information content (AvgIpc) is 3.51. The van der Waals surface area contributed by atoms with E-state index in [1.54, 1.807) is 0 Å². The Hall–Kier alpha value is -4.89. The zero-order valence-corrected chi connectivity index (χ0v) is 20.9. The zero-order chi connectivity index (χ0) is 25.1. The van der Waals surface area contributed by atoms with Gasteiger partial charge in [-0.2, -0.15) is 0 Å². The van der Waals surface area contributed by atoms with Crippen LogP contribution in [0.3, 0.4) is 0 Å². The van der Waals surface area contributed by atoms with E-state index in [-0.39, 0.29) is 0 Å². The minimum absolute atomic E-state index is 0.967. The fourth-order valence-corrected chi connectivity index (χ4v) is 6.18. The lowest BCUT2D eigenvalue weighted by Gasteiger charge is -2.13. The van der Waals surface area contributed by atoms with Crippen LogP contribution in [-0.2, 0) is 6.42 Å². The van der Waals surface area contributed by atoms with Gasteiger partial charge in [0.05, 0.1) is 22.2 Å². The summed E-state index contributed by atoms with van der Waals surface area (Å²) >= 11 is 0. The van der Waals surface area contributed by atoms with E-state index < -0.39 is 0 Å². The summed E-state index contributed by atoms with van der Waals surface area (Å²) in [4.78, 5) is 5.18. The first-order valence-corrected chi connectivity index (χ1v) is 13.2. The molecule has 3 aromatic heterocycles. The number of rotatable bonds is 3. The number of para-hydroxylation sites is 2. The Kier molecular flexibility index (Phi) is 4.65. The minimum Gasteiger partial charge on any atom is -0.309 e. The van der Waals surface area contributed by atoms with Gasteiger partial charge in [0.25, 0.3) is 0 Å². The molecule has 0 spiro atoms. The maximum Gasteiger partial charge on any atom is 0.138 e. The van der Waals surface area contributed by atoms with Gasteiger partial charge in [-0.15, -0.1) is 0 Å². The van der Waals surface area contributed by atoms with Crippen LogP contribution in [0.2, 0.25) is 0 Å². The molecule has 8 rings (SSSR count). The predicted molar refractivity (Wildman–Crippen MR) is 158 cm³/mol. The maximum absolute atomic E-state index is 5.18. The van der Waals surface area contributed by atoms with Gasteiger partial charge in [0.1, 0.15) is 5.82 Å². The Balaban J connectivity index is 1.51. The van der Waals surface area contributed by atoms with Crippen LogP contribution in [0.4, 0.5) is 0 Å². The highest BCUT2D eigenvalue weighted by Crippen LogP contribution is 2.42. The fourth-order valence-electron chi connectivity index (χ4n) is 6.18. The Bertz CT molecular complexity index is 2010. The van der Waals surface area contributed by atoms with Crippen LogP contribution < -0.4 is 0 Å². The van der Waals surface area contributed by atoms with Crippen molar-refractivity contribution >= 4 is 38.8 Å². The molecule has 4 aromatic carbocycles. The van der Waals surface area contributed by atoms with Crippen LogP contribution >= 0.6 is 0 Å². The third-order valence-corrected chi connectivity index (χ3v) is 7.79. The molecular formula is C35H25N3. The second kappa shape index (κ2) is 8.32. The molecule has 3 nitrogen and oxygen atoms in total. The molecule has 0 saturated carbocycles. The standard InChI is InChI=1S/C35H25N3/c1-3-12-24(13-4-1)29-18-11-21-33(36-29)38-31-20-10-8-17-28(31)34-32(38)23-22-27-26-16-7-9-19-30(26)37(35(27)34)25-14-5-2-6-15-25/h1-9,11-19,21-23H,10,20H2. The topological polar surface area (TPSA) is 22.8 Å². The smallest absolute Gasteiger partial charge is 0.138 e. The van der Waals surface area contributed by atoms with Gasteiger partial charge in [-0.1, -0.05) is 91.0 Å². The van der Waals surface area contributed by atoms with Crippen LogP contribution in [0.1, 0.15) is 17.7 Å². The van der Waals surface area contributed by atoms with Gasteiger partial charge < -0.3 is 4.57 Å². The molecule has 38 heavy (non-hydrogen) atoms. The van der Waals surface area contributed by atoms with Crippen molar-refractivity contribution in [2.24, 2.45) is 0 Å². The number of fused-ring (bicyclic) bond motifs is 7. The van der Waals surface area contributed by atoms with Crippen LogP contribution in [0.15, 0.2) is 121 Å². The van der Waals surface area contributed by atoms with Crippen LogP contribution in [0.5, 0.6) is 0 Å². The predicted octanol–water partition coefficient (Wildman–Crippen LogP) is 8.75. The molecule has 180 valence electrons. The first-order valence-electron chi connectivity index (χ1n) is 13.2. The molecule has 3 heteroatoms. The molecule has 0 bridgehead atoms. The van der Waals surface area contributed by atoms with Gasteiger partial charge in [-0.25, -0.2) is 4.98 Å². The monoisotopic (exact) mass is 487 g/mol. The van der Waals surface area contributed by atoms with E-state index in [1.165, 1.54) is 49.7 Å². The number of benzene rings is 4. The molecule has 3 heterocycles. The van der Waals surface area contributed by atoms with Crippen molar-refractivity contribution in [2.45, 2.75) is 12.8 Å². The number of aromatic nitrogens is 3. The van der Waals surface area contributed by atoms with E-state index in [2.05, 4.69) is 130 Å². The van der Waals surface area contributed by atoms with Crippen molar-refractivity contribution in [3.63, 3.8) is 0 Å². The normalized spacial score (nSPS) is 12.9. The number of allylic oxidation sites excluding steroid dienone is 1. The quantitative estimate of drug-likeness (QED) is 0.244. The second-order valence-electron chi connectivity index (χ2n) is 9.93. The summed E-state index contributed by atoms with van der Waals surface area (Å²) in [5.41, 5.74) is 9.63. The highest BCUT2D eigenvalue weighted by molar-refractivity contribution is 6.20. The molecule has 0 radical (unpaired) electrons. The highest BCUT2D eigenvalue weighted by atomic mass is 15.1. The molecule has 1 aliphatic rings. The summed E-state index contributed by atoms with van der Waals surface area (Å²) in [6.07, 6.45) is 6.66.